The molecule has 0 bridgehead atoms. The summed E-state index contributed by atoms with van der Waals surface area (Å²) < 4.78 is 4.73. The molecule has 0 spiro atoms. The van der Waals surface area contributed by atoms with E-state index in [2.05, 4.69) is 10.1 Å². The Kier molecular flexibility index (Phi) is 2.31. The number of hydrogen-bond donors (Lipinski definition) is 1. The van der Waals surface area contributed by atoms with Crippen molar-refractivity contribution in [1.29, 1.82) is 0 Å². The van der Waals surface area contributed by atoms with E-state index in [9.17, 15) is 0 Å². The molecule has 1 aliphatic carbocycles. The van der Waals surface area contributed by atoms with Crippen LogP contribution < -0.4 is 5.73 Å². The van der Waals surface area contributed by atoms with Gasteiger partial charge in [0.15, 0.2) is 5.82 Å². The fraction of sp³-hybridized carbons (Fsp3) is 0.778. The minimum Gasteiger partial charge on any atom is -0.343 e. The molecule has 1 aromatic rings. The lowest BCUT2D eigenvalue weighted by Crippen LogP contribution is -2.37. The van der Waals surface area contributed by atoms with Gasteiger partial charge in [0.25, 0.3) is 0 Å². The second-order valence-corrected chi connectivity index (χ2v) is 3.83. The van der Waals surface area contributed by atoms with E-state index in [0.717, 1.165) is 12.8 Å². The number of rotatable bonds is 1. The monoisotopic (exact) mass is 181 g/mol. The fourth-order valence-corrected chi connectivity index (χ4v) is 1.97. The lowest BCUT2D eigenvalue weighted by molar-refractivity contribution is 0.332. The molecule has 4 heteroatoms. The lowest BCUT2D eigenvalue weighted by Gasteiger charge is -2.23. The van der Waals surface area contributed by atoms with Gasteiger partial charge in [0, 0.05) is 0 Å². The van der Waals surface area contributed by atoms with E-state index >= 15 is 0 Å². The molecule has 13 heavy (non-hydrogen) atoms. The van der Waals surface area contributed by atoms with Crippen LogP contribution in [0.15, 0.2) is 10.9 Å². The van der Waals surface area contributed by atoms with Gasteiger partial charge in [-0.05, 0) is 12.8 Å². The third-order valence-electron chi connectivity index (χ3n) is 2.80. The first-order valence-electron chi connectivity index (χ1n) is 4.87. The van der Waals surface area contributed by atoms with Crippen molar-refractivity contribution < 1.29 is 4.52 Å². The Balaban J connectivity index is 2.17. The minimum absolute atomic E-state index is 0.330. The molecule has 0 atom stereocenters. The maximum absolute atomic E-state index is 6.24. The Bertz CT molecular complexity index is 250. The molecule has 0 saturated heterocycles. The summed E-state index contributed by atoms with van der Waals surface area (Å²) in [6.45, 7) is 0. The van der Waals surface area contributed by atoms with Crippen LogP contribution in [0.4, 0.5) is 0 Å². The summed E-state index contributed by atoms with van der Waals surface area (Å²) in [5.41, 5.74) is 5.91. The summed E-state index contributed by atoms with van der Waals surface area (Å²) in [7, 11) is 0. The predicted octanol–water partition coefficient (Wildman–Crippen LogP) is 1.58. The quantitative estimate of drug-likeness (QED) is 0.668. The summed E-state index contributed by atoms with van der Waals surface area (Å²) in [5, 5.41) is 3.84. The van der Waals surface area contributed by atoms with Crippen molar-refractivity contribution in [1.82, 2.24) is 10.1 Å². The molecule has 1 saturated carbocycles. The normalized spacial score (nSPS) is 22.5. The van der Waals surface area contributed by atoms with E-state index in [1.165, 1.54) is 32.1 Å². The molecule has 0 aromatic carbocycles. The van der Waals surface area contributed by atoms with Crippen LogP contribution in [0.2, 0.25) is 0 Å². The van der Waals surface area contributed by atoms with Gasteiger partial charge in [-0.15, -0.1) is 0 Å². The molecule has 0 amide bonds. The van der Waals surface area contributed by atoms with E-state index in [1.807, 2.05) is 0 Å². The van der Waals surface area contributed by atoms with Gasteiger partial charge in [-0.3, -0.25) is 0 Å². The average molecular weight is 181 g/mol. The molecular formula is C9H15N3O. The zero-order valence-corrected chi connectivity index (χ0v) is 7.70. The van der Waals surface area contributed by atoms with Gasteiger partial charge in [-0.1, -0.05) is 30.8 Å². The van der Waals surface area contributed by atoms with E-state index in [4.69, 9.17) is 10.3 Å². The Morgan fingerprint density at radius 3 is 2.46 bits per heavy atom. The van der Waals surface area contributed by atoms with Crippen LogP contribution in [0.1, 0.15) is 44.3 Å². The van der Waals surface area contributed by atoms with Gasteiger partial charge in [0.2, 0.25) is 6.39 Å². The SMILES string of the molecule is NC1(c2ncon2)CCCCCC1. The van der Waals surface area contributed by atoms with Crippen LogP contribution in [0.5, 0.6) is 0 Å². The first-order chi connectivity index (χ1) is 6.31. The van der Waals surface area contributed by atoms with Crippen LogP contribution in [0, 0.1) is 0 Å². The molecule has 72 valence electrons. The average Bonchev–Trinajstić information content (AvgIpc) is 2.57. The lowest BCUT2D eigenvalue weighted by atomic mass is 9.91. The van der Waals surface area contributed by atoms with Gasteiger partial charge < -0.3 is 10.3 Å². The number of aromatic nitrogens is 2. The molecule has 0 aliphatic heterocycles. The zero-order chi connectivity index (χ0) is 9.15. The van der Waals surface area contributed by atoms with Gasteiger partial charge in [0.1, 0.15) is 0 Å². The molecule has 1 aromatic heterocycles. The van der Waals surface area contributed by atoms with Crippen molar-refractivity contribution >= 4 is 0 Å². The van der Waals surface area contributed by atoms with Gasteiger partial charge in [-0.25, -0.2) is 0 Å². The Hall–Kier alpha value is -0.900. The van der Waals surface area contributed by atoms with E-state index < -0.39 is 0 Å². The van der Waals surface area contributed by atoms with Crippen molar-refractivity contribution in [2.45, 2.75) is 44.1 Å². The summed E-state index contributed by atoms with van der Waals surface area (Å²) in [6, 6.07) is 0. The van der Waals surface area contributed by atoms with Crippen molar-refractivity contribution in [2.24, 2.45) is 5.73 Å². The van der Waals surface area contributed by atoms with Crippen molar-refractivity contribution in [2.75, 3.05) is 0 Å². The van der Waals surface area contributed by atoms with E-state index in [-0.39, 0.29) is 5.54 Å². The first-order valence-corrected chi connectivity index (χ1v) is 4.87. The Morgan fingerprint density at radius 2 is 1.92 bits per heavy atom. The number of nitrogens with zero attached hydrogens (tertiary/aromatic N) is 2. The van der Waals surface area contributed by atoms with Crippen molar-refractivity contribution in [3.8, 4) is 0 Å². The molecule has 2 rings (SSSR count). The Labute approximate surface area is 77.5 Å². The van der Waals surface area contributed by atoms with E-state index in [1.54, 1.807) is 0 Å². The molecule has 1 heterocycles. The summed E-state index contributed by atoms with van der Waals surface area (Å²) in [6.07, 6.45) is 8.21. The highest BCUT2D eigenvalue weighted by molar-refractivity contribution is 5.02. The van der Waals surface area contributed by atoms with Gasteiger partial charge >= 0.3 is 0 Å². The molecule has 4 nitrogen and oxygen atoms in total. The first kappa shape index (κ1) is 8.69. The highest BCUT2D eigenvalue weighted by Gasteiger charge is 2.32. The maximum Gasteiger partial charge on any atom is 0.213 e. The number of nitrogens with two attached hydrogens (primary N) is 1. The summed E-state index contributed by atoms with van der Waals surface area (Å²) in [4.78, 5) is 4.05. The minimum atomic E-state index is -0.330. The smallest absolute Gasteiger partial charge is 0.213 e. The van der Waals surface area contributed by atoms with Crippen LogP contribution in [-0.4, -0.2) is 10.1 Å². The second kappa shape index (κ2) is 3.46. The Morgan fingerprint density at radius 1 is 1.23 bits per heavy atom. The third kappa shape index (κ3) is 1.72. The van der Waals surface area contributed by atoms with Crippen molar-refractivity contribution in [3.05, 3.63) is 12.2 Å². The molecule has 1 fully saturated rings. The molecular weight excluding hydrogens is 166 g/mol. The zero-order valence-electron chi connectivity index (χ0n) is 7.70. The maximum atomic E-state index is 6.24. The highest BCUT2D eigenvalue weighted by Crippen LogP contribution is 2.31. The predicted molar refractivity (Wildman–Crippen MR) is 47.9 cm³/mol. The van der Waals surface area contributed by atoms with Crippen LogP contribution in [0.3, 0.4) is 0 Å². The second-order valence-electron chi connectivity index (χ2n) is 3.83. The van der Waals surface area contributed by atoms with Crippen molar-refractivity contribution in [3.63, 3.8) is 0 Å². The van der Waals surface area contributed by atoms with Crippen LogP contribution in [0.25, 0.3) is 0 Å². The van der Waals surface area contributed by atoms with Crippen LogP contribution in [-0.2, 0) is 5.54 Å². The highest BCUT2D eigenvalue weighted by atomic mass is 16.5. The number of hydrogen-bond acceptors (Lipinski definition) is 4. The standard InChI is InChI=1S/C9H15N3O/c10-9(8-11-7-13-12-8)5-3-1-2-4-6-9/h7H,1-6,10H2. The van der Waals surface area contributed by atoms with Gasteiger partial charge in [-0.2, -0.15) is 4.98 Å². The van der Waals surface area contributed by atoms with Crippen LogP contribution >= 0.6 is 0 Å². The molecule has 1 aliphatic rings. The third-order valence-corrected chi connectivity index (χ3v) is 2.80. The fourth-order valence-electron chi connectivity index (χ4n) is 1.97. The molecule has 2 N–H and O–H groups in total. The largest absolute Gasteiger partial charge is 0.343 e. The van der Waals surface area contributed by atoms with E-state index in [0.29, 0.717) is 5.82 Å². The molecule has 0 radical (unpaired) electrons. The molecule has 0 unspecified atom stereocenters. The van der Waals surface area contributed by atoms with Gasteiger partial charge in [0.05, 0.1) is 5.54 Å². The summed E-state index contributed by atoms with van der Waals surface area (Å²) in [5.74, 6) is 0.675. The topological polar surface area (TPSA) is 64.9 Å². The summed E-state index contributed by atoms with van der Waals surface area (Å²) >= 11 is 0.